The van der Waals surface area contributed by atoms with Gasteiger partial charge >= 0.3 is 0 Å². The number of halogens is 1. The van der Waals surface area contributed by atoms with Crippen LogP contribution >= 0.6 is 11.6 Å². The number of carbonyl (C=O) groups excluding carboxylic acids is 2. The van der Waals surface area contributed by atoms with E-state index in [1.54, 1.807) is 12.1 Å². The number of hydrogen-bond acceptors (Lipinski definition) is 3. The van der Waals surface area contributed by atoms with Gasteiger partial charge in [-0.05, 0) is 30.7 Å². The highest BCUT2D eigenvalue weighted by molar-refractivity contribution is 6.30. The lowest BCUT2D eigenvalue weighted by atomic mass is 9.84. The molecule has 5 heteroatoms. The summed E-state index contributed by atoms with van der Waals surface area (Å²) in [6, 6.07) is 5.43. The normalized spacial score (nSPS) is 25.8. The van der Waals surface area contributed by atoms with E-state index in [0.29, 0.717) is 18.1 Å². The molecule has 0 aliphatic carbocycles. The zero-order valence-electron chi connectivity index (χ0n) is 9.94. The van der Waals surface area contributed by atoms with Crippen LogP contribution in [-0.2, 0) is 9.59 Å². The predicted molar refractivity (Wildman–Crippen MR) is 68.6 cm³/mol. The molecule has 1 aromatic carbocycles. The van der Waals surface area contributed by atoms with E-state index in [1.165, 1.54) is 4.90 Å². The summed E-state index contributed by atoms with van der Waals surface area (Å²) in [5.74, 6) is -0.834. The van der Waals surface area contributed by atoms with Gasteiger partial charge in [-0.15, -0.1) is 0 Å². The van der Waals surface area contributed by atoms with Crippen LogP contribution in [0.1, 0.15) is 18.4 Å². The maximum atomic E-state index is 12.3. The third-order valence-electron chi connectivity index (χ3n) is 3.70. The van der Waals surface area contributed by atoms with E-state index in [9.17, 15) is 9.59 Å². The lowest BCUT2D eigenvalue weighted by Crippen LogP contribution is -2.32. The summed E-state index contributed by atoms with van der Waals surface area (Å²) in [6.45, 7) is 2.76. The van der Waals surface area contributed by atoms with Crippen LogP contribution < -0.4 is 5.32 Å². The van der Waals surface area contributed by atoms with Gasteiger partial charge in [-0.1, -0.05) is 11.6 Å². The molecule has 1 fully saturated rings. The highest BCUT2D eigenvalue weighted by atomic mass is 35.5. The topological polar surface area (TPSA) is 49.4 Å². The van der Waals surface area contributed by atoms with E-state index in [1.807, 2.05) is 13.0 Å². The maximum absolute atomic E-state index is 12.3. The van der Waals surface area contributed by atoms with Gasteiger partial charge in [0.25, 0.3) is 0 Å². The lowest BCUT2D eigenvalue weighted by Gasteiger charge is -2.26. The molecule has 4 nitrogen and oxygen atoms in total. The first-order valence-corrected chi connectivity index (χ1v) is 6.39. The predicted octanol–water partition coefficient (Wildman–Crippen LogP) is 1.85. The van der Waals surface area contributed by atoms with E-state index >= 15 is 0 Å². The third kappa shape index (κ3) is 1.45. The summed E-state index contributed by atoms with van der Waals surface area (Å²) in [6.07, 6.45) is 0. The van der Waals surface area contributed by atoms with Crippen molar-refractivity contribution in [2.24, 2.45) is 5.92 Å². The number of benzene rings is 1. The Morgan fingerprint density at radius 3 is 2.89 bits per heavy atom. The summed E-state index contributed by atoms with van der Waals surface area (Å²) in [4.78, 5) is 25.7. The zero-order valence-corrected chi connectivity index (χ0v) is 10.7. The number of imide groups is 1. The monoisotopic (exact) mass is 264 g/mol. The number of likely N-dealkylation sites (N-methyl/N-ethyl adjacent to an activating group) is 1. The standard InChI is InChI=1S/C13H13ClN2O2/c1-2-16-12(17)9-6-15-10-4-3-7(14)5-8(10)11(9)13(16)18/h3-5,9,11,15H,2,6H2,1H3/t9-,11+/m1/s1. The highest BCUT2D eigenvalue weighted by Crippen LogP contribution is 2.42. The summed E-state index contributed by atoms with van der Waals surface area (Å²) in [7, 11) is 0. The Hall–Kier alpha value is -1.55. The molecule has 94 valence electrons. The van der Waals surface area contributed by atoms with Crippen molar-refractivity contribution >= 4 is 29.1 Å². The molecular weight excluding hydrogens is 252 g/mol. The van der Waals surface area contributed by atoms with Gasteiger partial charge in [-0.2, -0.15) is 0 Å². The Bertz CT molecular complexity index is 544. The van der Waals surface area contributed by atoms with Crippen molar-refractivity contribution in [1.29, 1.82) is 0 Å². The number of nitrogens with zero attached hydrogens (tertiary/aromatic N) is 1. The molecule has 1 aromatic rings. The van der Waals surface area contributed by atoms with Gasteiger partial charge in [0.05, 0.1) is 11.8 Å². The third-order valence-corrected chi connectivity index (χ3v) is 3.93. The minimum atomic E-state index is -0.368. The molecular formula is C13H13ClN2O2. The van der Waals surface area contributed by atoms with E-state index < -0.39 is 0 Å². The molecule has 0 radical (unpaired) electrons. The van der Waals surface area contributed by atoms with Crippen LogP contribution in [0.2, 0.25) is 5.02 Å². The van der Waals surface area contributed by atoms with Gasteiger partial charge in [-0.3, -0.25) is 14.5 Å². The fourth-order valence-electron chi connectivity index (χ4n) is 2.83. The molecule has 1 N–H and O–H groups in total. The molecule has 0 spiro atoms. The van der Waals surface area contributed by atoms with Crippen molar-refractivity contribution in [3.8, 4) is 0 Å². The van der Waals surface area contributed by atoms with Crippen molar-refractivity contribution < 1.29 is 9.59 Å². The smallest absolute Gasteiger partial charge is 0.237 e. The maximum Gasteiger partial charge on any atom is 0.237 e. The Labute approximate surface area is 110 Å². The fourth-order valence-corrected chi connectivity index (χ4v) is 3.01. The van der Waals surface area contributed by atoms with E-state index in [0.717, 1.165) is 11.3 Å². The van der Waals surface area contributed by atoms with E-state index in [2.05, 4.69) is 5.32 Å². The van der Waals surface area contributed by atoms with Gasteiger partial charge in [0.15, 0.2) is 0 Å². The highest BCUT2D eigenvalue weighted by Gasteiger charge is 2.49. The number of carbonyl (C=O) groups is 2. The lowest BCUT2D eigenvalue weighted by molar-refractivity contribution is -0.139. The minimum absolute atomic E-state index is 0.0781. The first-order valence-electron chi connectivity index (χ1n) is 6.02. The number of anilines is 1. The first kappa shape index (κ1) is 11.5. The van der Waals surface area contributed by atoms with Crippen LogP contribution in [0.4, 0.5) is 5.69 Å². The summed E-state index contributed by atoms with van der Waals surface area (Å²) >= 11 is 5.98. The second kappa shape index (κ2) is 3.99. The average molecular weight is 265 g/mol. The van der Waals surface area contributed by atoms with Crippen molar-refractivity contribution in [3.05, 3.63) is 28.8 Å². The number of rotatable bonds is 1. The summed E-state index contributed by atoms with van der Waals surface area (Å²) in [5.41, 5.74) is 1.74. The van der Waals surface area contributed by atoms with Crippen LogP contribution in [0.15, 0.2) is 18.2 Å². The molecule has 0 unspecified atom stereocenters. The molecule has 2 aliphatic heterocycles. The molecule has 0 bridgehead atoms. The van der Waals surface area contributed by atoms with Gasteiger partial charge in [0, 0.05) is 23.8 Å². The van der Waals surface area contributed by atoms with E-state index in [4.69, 9.17) is 11.6 Å². The molecule has 0 aromatic heterocycles. The second-order valence-electron chi connectivity index (χ2n) is 4.62. The Kier molecular flexibility index (Phi) is 2.55. The molecule has 3 rings (SSSR count). The quantitative estimate of drug-likeness (QED) is 0.788. The SMILES string of the molecule is CCN1C(=O)[C@@H]2CNc3ccc(Cl)cc3[C@@H]2C1=O. The largest absolute Gasteiger partial charge is 0.384 e. The second-order valence-corrected chi connectivity index (χ2v) is 5.05. The van der Waals surface area contributed by atoms with Crippen LogP contribution in [0, 0.1) is 5.92 Å². The molecule has 18 heavy (non-hydrogen) atoms. The molecule has 2 aliphatic rings. The average Bonchev–Trinajstić information content (AvgIpc) is 2.61. The van der Waals surface area contributed by atoms with Gasteiger partial charge < -0.3 is 5.32 Å². The molecule has 2 amide bonds. The molecule has 1 saturated heterocycles. The minimum Gasteiger partial charge on any atom is -0.384 e. The van der Waals surface area contributed by atoms with Crippen molar-refractivity contribution in [2.45, 2.75) is 12.8 Å². The Balaban J connectivity index is 2.10. The Morgan fingerprint density at radius 2 is 2.17 bits per heavy atom. The first-order chi connectivity index (χ1) is 8.63. The number of likely N-dealkylation sites (tertiary alicyclic amines) is 1. The van der Waals surface area contributed by atoms with E-state index in [-0.39, 0.29) is 23.7 Å². The number of fused-ring (bicyclic) bond motifs is 3. The molecule has 0 saturated carbocycles. The van der Waals surface area contributed by atoms with Gasteiger partial charge in [0.1, 0.15) is 0 Å². The fraction of sp³-hybridized carbons (Fsp3) is 0.385. The number of nitrogens with one attached hydrogen (secondary N) is 1. The molecule has 2 atom stereocenters. The van der Waals surface area contributed by atoms with Crippen LogP contribution in [0.25, 0.3) is 0 Å². The van der Waals surface area contributed by atoms with Gasteiger partial charge in [-0.25, -0.2) is 0 Å². The number of amides is 2. The van der Waals surface area contributed by atoms with Gasteiger partial charge in [0.2, 0.25) is 11.8 Å². The zero-order chi connectivity index (χ0) is 12.9. The number of hydrogen-bond donors (Lipinski definition) is 1. The summed E-state index contributed by atoms with van der Waals surface area (Å²) < 4.78 is 0. The summed E-state index contributed by atoms with van der Waals surface area (Å²) in [5, 5.41) is 3.79. The van der Waals surface area contributed by atoms with Crippen molar-refractivity contribution in [3.63, 3.8) is 0 Å². The van der Waals surface area contributed by atoms with Crippen molar-refractivity contribution in [1.82, 2.24) is 4.90 Å². The van der Waals surface area contributed by atoms with Crippen LogP contribution in [0.5, 0.6) is 0 Å². The van der Waals surface area contributed by atoms with Crippen LogP contribution in [-0.4, -0.2) is 29.8 Å². The van der Waals surface area contributed by atoms with Crippen molar-refractivity contribution in [2.75, 3.05) is 18.4 Å². The van der Waals surface area contributed by atoms with Crippen LogP contribution in [0.3, 0.4) is 0 Å². The molecule has 2 heterocycles. The Morgan fingerprint density at radius 1 is 1.39 bits per heavy atom.